The first-order valence-electron chi connectivity index (χ1n) is 4.09. The summed E-state index contributed by atoms with van der Waals surface area (Å²) in [6.07, 6.45) is 1.92. The first-order valence-corrected chi connectivity index (χ1v) is 4.09. The molecule has 0 saturated carbocycles. The van der Waals surface area contributed by atoms with Crippen molar-refractivity contribution in [2.75, 3.05) is 6.61 Å². The van der Waals surface area contributed by atoms with E-state index in [4.69, 9.17) is 4.74 Å². The monoisotopic (exact) mass is 166 g/mol. The lowest BCUT2D eigenvalue weighted by molar-refractivity contribution is 0.296. The Morgan fingerprint density at radius 2 is 2.50 bits per heavy atom. The molecule has 1 heterocycles. The topological polar surface area (TPSA) is 37.9 Å². The Hall–Kier alpha value is -1.25. The summed E-state index contributed by atoms with van der Waals surface area (Å²) in [7, 11) is 0. The smallest absolute Gasteiger partial charge is 0.142 e. The standard InChI is InChI=1S/C9H14N2O/c1-4-9(12-5-2)8-6-7(3)10-11-8/h4,6H,5H2,1-3H3,(H,10,11)/b9-4-. The van der Waals surface area contributed by atoms with Gasteiger partial charge in [0.1, 0.15) is 11.5 Å². The molecule has 0 unspecified atom stereocenters. The van der Waals surface area contributed by atoms with Gasteiger partial charge in [0.15, 0.2) is 0 Å². The molecule has 0 bridgehead atoms. The normalized spacial score (nSPS) is 11.8. The number of hydrogen-bond donors (Lipinski definition) is 1. The summed E-state index contributed by atoms with van der Waals surface area (Å²) >= 11 is 0. The fourth-order valence-electron chi connectivity index (χ4n) is 1.00. The number of nitrogens with zero attached hydrogens (tertiary/aromatic N) is 1. The summed E-state index contributed by atoms with van der Waals surface area (Å²) in [4.78, 5) is 0. The molecule has 0 aliphatic heterocycles. The maximum absolute atomic E-state index is 5.37. The zero-order valence-electron chi connectivity index (χ0n) is 7.72. The lowest BCUT2D eigenvalue weighted by Gasteiger charge is -2.03. The van der Waals surface area contributed by atoms with Crippen molar-refractivity contribution in [3.63, 3.8) is 0 Å². The lowest BCUT2D eigenvalue weighted by atomic mass is 10.3. The van der Waals surface area contributed by atoms with Crippen LogP contribution in [0.3, 0.4) is 0 Å². The molecule has 1 N–H and O–H groups in total. The molecule has 3 heteroatoms. The second-order valence-electron chi connectivity index (χ2n) is 2.52. The summed E-state index contributed by atoms with van der Waals surface area (Å²) < 4.78 is 5.37. The van der Waals surface area contributed by atoms with E-state index >= 15 is 0 Å². The number of ether oxygens (including phenoxy) is 1. The van der Waals surface area contributed by atoms with Crippen LogP contribution in [0.25, 0.3) is 5.76 Å². The number of hydrogen-bond acceptors (Lipinski definition) is 2. The average molecular weight is 166 g/mol. The van der Waals surface area contributed by atoms with Crippen LogP contribution in [0, 0.1) is 6.92 Å². The van der Waals surface area contributed by atoms with Gasteiger partial charge in [0.05, 0.1) is 6.61 Å². The lowest BCUT2D eigenvalue weighted by Crippen LogP contribution is -1.91. The van der Waals surface area contributed by atoms with Crippen LogP contribution in [0.15, 0.2) is 12.1 Å². The predicted octanol–water partition coefficient (Wildman–Crippen LogP) is 2.12. The average Bonchev–Trinajstić information content (AvgIpc) is 2.47. The van der Waals surface area contributed by atoms with Crippen molar-refractivity contribution >= 4 is 5.76 Å². The number of aromatic nitrogens is 2. The summed E-state index contributed by atoms with van der Waals surface area (Å²) in [6, 6.07) is 1.96. The van der Waals surface area contributed by atoms with Crippen LogP contribution in [0.2, 0.25) is 0 Å². The zero-order chi connectivity index (χ0) is 8.97. The summed E-state index contributed by atoms with van der Waals surface area (Å²) in [5.41, 5.74) is 1.92. The van der Waals surface area contributed by atoms with Crippen molar-refractivity contribution in [2.24, 2.45) is 0 Å². The Morgan fingerprint density at radius 1 is 1.75 bits per heavy atom. The minimum absolute atomic E-state index is 0.672. The Labute approximate surface area is 72.4 Å². The van der Waals surface area contributed by atoms with Gasteiger partial charge in [-0.25, -0.2) is 0 Å². The summed E-state index contributed by atoms with van der Waals surface area (Å²) in [5.74, 6) is 0.835. The number of allylic oxidation sites excluding steroid dienone is 1. The predicted molar refractivity (Wildman–Crippen MR) is 48.6 cm³/mol. The Kier molecular flexibility index (Phi) is 2.91. The van der Waals surface area contributed by atoms with Crippen LogP contribution in [-0.2, 0) is 4.74 Å². The van der Waals surface area contributed by atoms with Crippen LogP contribution >= 0.6 is 0 Å². The van der Waals surface area contributed by atoms with E-state index in [-0.39, 0.29) is 0 Å². The third-order valence-electron chi connectivity index (χ3n) is 1.52. The van der Waals surface area contributed by atoms with Crippen molar-refractivity contribution in [2.45, 2.75) is 20.8 Å². The van der Waals surface area contributed by atoms with Crippen LogP contribution in [0.5, 0.6) is 0 Å². The van der Waals surface area contributed by atoms with Gasteiger partial charge >= 0.3 is 0 Å². The van der Waals surface area contributed by atoms with Crippen LogP contribution in [0.4, 0.5) is 0 Å². The molecule has 0 saturated heterocycles. The molecule has 1 rings (SSSR count). The number of H-pyrrole nitrogens is 1. The van der Waals surface area contributed by atoms with E-state index in [2.05, 4.69) is 10.2 Å². The van der Waals surface area contributed by atoms with E-state index in [0.717, 1.165) is 17.1 Å². The Balaban J connectivity index is 2.81. The largest absolute Gasteiger partial charge is 0.492 e. The van der Waals surface area contributed by atoms with Gasteiger partial charge in [0.2, 0.25) is 0 Å². The van der Waals surface area contributed by atoms with Gasteiger partial charge in [-0.2, -0.15) is 5.10 Å². The maximum atomic E-state index is 5.37. The summed E-state index contributed by atoms with van der Waals surface area (Å²) in [6.45, 7) is 6.54. The van der Waals surface area contributed by atoms with Crippen LogP contribution in [-0.4, -0.2) is 16.8 Å². The highest BCUT2D eigenvalue weighted by Gasteiger charge is 2.03. The highest BCUT2D eigenvalue weighted by atomic mass is 16.5. The molecule has 0 aliphatic rings. The molecule has 0 aromatic carbocycles. The Morgan fingerprint density at radius 3 is 2.92 bits per heavy atom. The fraction of sp³-hybridized carbons (Fsp3) is 0.444. The molecule has 3 nitrogen and oxygen atoms in total. The third-order valence-corrected chi connectivity index (χ3v) is 1.52. The Bertz CT molecular complexity index is 276. The van der Waals surface area contributed by atoms with Crippen LogP contribution in [0.1, 0.15) is 25.2 Å². The van der Waals surface area contributed by atoms with Gasteiger partial charge < -0.3 is 4.74 Å². The van der Waals surface area contributed by atoms with Crippen molar-refractivity contribution in [3.05, 3.63) is 23.5 Å². The van der Waals surface area contributed by atoms with Gasteiger partial charge in [-0.15, -0.1) is 0 Å². The SMILES string of the molecule is C/C=C(\OCC)c1cc(C)[nH]n1. The van der Waals surface area contributed by atoms with E-state index in [9.17, 15) is 0 Å². The number of aryl methyl sites for hydroxylation is 1. The quantitative estimate of drug-likeness (QED) is 0.698. The minimum atomic E-state index is 0.672. The van der Waals surface area contributed by atoms with Crippen molar-refractivity contribution in [1.29, 1.82) is 0 Å². The highest BCUT2D eigenvalue weighted by Crippen LogP contribution is 2.13. The zero-order valence-corrected chi connectivity index (χ0v) is 7.72. The van der Waals surface area contributed by atoms with E-state index in [1.165, 1.54) is 0 Å². The molecule has 1 aromatic rings. The molecule has 0 atom stereocenters. The third kappa shape index (κ3) is 1.87. The van der Waals surface area contributed by atoms with Gasteiger partial charge in [0.25, 0.3) is 0 Å². The molecule has 0 fully saturated rings. The van der Waals surface area contributed by atoms with Gasteiger partial charge in [-0.1, -0.05) is 0 Å². The molecule has 0 radical (unpaired) electrons. The molecule has 1 aromatic heterocycles. The van der Waals surface area contributed by atoms with E-state index < -0.39 is 0 Å². The molecule has 0 amide bonds. The first kappa shape index (κ1) is 8.84. The van der Waals surface area contributed by atoms with Crippen molar-refractivity contribution in [1.82, 2.24) is 10.2 Å². The van der Waals surface area contributed by atoms with Crippen molar-refractivity contribution < 1.29 is 4.74 Å². The second kappa shape index (κ2) is 3.95. The number of nitrogens with one attached hydrogen (secondary N) is 1. The van der Waals surface area contributed by atoms with E-state index in [0.29, 0.717) is 6.61 Å². The maximum Gasteiger partial charge on any atom is 0.142 e. The highest BCUT2D eigenvalue weighted by molar-refractivity contribution is 5.55. The van der Waals surface area contributed by atoms with Gasteiger partial charge in [-0.3, -0.25) is 5.10 Å². The first-order chi connectivity index (χ1) is 5.77. The minimum Gasteiger partial charge on any atom is -0.492 e. The molecule has 0 spiro atoms. The van der Waals surface area contributed by atoms with E-state index in [1.54, 1.807) is 0 Å². The van der Waals surface area contributed by atoms with E-state index in [1.807, 2.05) is 32.9 Å². The molecular formula is C9H14N2O. The van der Waals surface area contributed by atoms with Crippen LogP contribution < -0.4 is 0 Å². The molecule has 12 heavy (non-hydrogen) atoms. The number of aromatic amines is 1. The molecule has 0 aliphatic carbocycles. The van der Waals surface area contributed by atoms with Gasteiger partial charge in [0, 0.05) is 5.69 Å². The number of rotatable bonds is 3. The van der Waals surface area contributed by atoms with Gasteiger partial charge in [-0.05, 0) is 32.9 Å². The fourth-order valence-corrected chi connectivity index (χ4v) is 1.00. The van der Waals surface area contributed by atoms with Crippen molar-refractivity contribution in [3.8, 4) is 0 Å². The molecule has 66 valence electrons. The second-order valence-corrected chi connectivity index (χ2v) is 2.52. The summed E-state index contributed by atoms with van der Waals surface area (Å²) in [5, 5.41) is 6.96. The molecular weight excluding hydrogens is 152 g/mol.